The van der Waals surface area contributed by atoms with Gasteiger partial charge in [0.25, 0.3) is 0 Å². The van der Waals surface area contributed by atoms with Crippen LogP contribution in [-0.2, 0) is 12.0 Å². The van der Waals surface area contributed by atoms with Crippen molar-refractivity contribution in [2.45, 2.75) is 50.2 Å². The highest BCUT2D eigenvalue weighted by Gasteiger charge is 2.35. The molecule has 1 aromatic rings. The molecule has 1 aliphatic rings. The molecule has 1 fully saturated rings. The summed E-state index contributed by atoms with van der Waals surface area (Å²) in [5.41, 5.74) is 6.77. The first-order chi connectivity index (χ1) is 8.41. The smallest absolute Gasteiger partial charge is 0.321 e. The van der Waals surface area contributed by atoms with Crippen molar-refractivity contribution in [3.8, 4) is 0 Å². The molecular formula is C14H18F3N. The Balaban J connectivity index is 2.32. The Kier molecular flexibility index (Phi) is 3.66. The van der Waals surface area contributed by atoms with Gasteiger partial charge in [0.05, 0.1) is 6.42 Å². The molecular weight excluding hydrogens is 239 g/mol. The van der Waals surface area contributed by atoms with E-state index >= 15 is 0 Å². The van der Waals surface area contributed by atoms with Gasteiger partial charge in [-0.25, -0.2) is 0 Å². The van der Waals surface area contributed by atoms with Gasteiger partial charge in [-0.3, -0.25) is 0 Å². The Hall–Kier alpha value is -1.03. The van der Waals surface area contributed by atoms with Crippen LogP contribution in [0.15, 0.2) is 24.3 Å². The van der Waals surface area contributed by atoms with Crippen molar-refractivity contribution >= 4 is 0 Å². The van der Waals surface area contributed by atoms with E-state index in [2.05, 4.69) is 0 Å². The van der Waals surface area contributed by atoms with Crippen LogP contribution >= 0.6 is 0 Å². The maximum atomic E-state index is 12.6. The van der Waals surface area contributed by atoms with Gasteiger partial charge in [-0.2, -0.15) is 13.2 Å². The fourth-order valence-corrected chi connectivity index (χ4v) is 2.83. The molecule has 0 radical (unpaired) electrons. The van der Waals surface area contributed by atoms with Gasteiger partial charge in [0, 0.05) is 5.54 Å². The van der Waals surface area contributed by atoms with Crippen LogP contribution in [0.25, 0.3) is 0 Å². The summed E-state index contributed by atoms with van der Waals surface area (Å²) >= 11 is 0. The number of hydrogen-bond acceptors (Lipinski definition) is 1. The van der Waals surface area contributed by atoms with Crippen molar-refractivity contribution < 1.29 is 13.2 Å². The lowest BCUT2D eigenvalue weighted by Gasteiger charge is -2.35. The molecule has 0 saturated heterocycles. The van der Waals surface area contributed by atoms with Crippen LogP contribution in [0, 0.1) is 0 Å². The maximum absolute atomic E-state index is 12.6. The van der Waals surface area contributed by atoms with E-state index in [1.807, 2.05) is 0 Å². The summed E-state index contributed by atoms with van der Waals surface area (Å²) in [4.78, 5) is 0. The minimum Gasteiger partial charge on any atom is -0.321 e. The van der Waals surface area contributed by atoms with Crippen LogP contribution in [0.4, 0.5) is 13.2 Å². The minimum atomic E-state index is -4.18. The zero-order valence-corrected chi connectivity index (χ0v) is 10.3. The second kappa shape index (κ2) is 4.92. The van der Waals surface area contributed by atoms with E-state index in [0.717, 1.165) is 32.1 Å². The summed E-state index contributed by atoms with van der Waals surface area (Å²) in [5, 5.41) is 0. The van der Waals surface area contributed by atoms with Crippen LogP contribution in [0.1, 0.15) is 43.2 Å². The van der Waals surface area contributed by atoms with E-state index in [9.17, 15) is 13.2 Å². The lowest BCUT2D eigenvalue weighted by molar-refractivity contribution is -0.127. The molecule has 4 heteroatoms. The molecule has 2 N–H and O–H groups in total. The van der Waals surface area contributed by atoms with Crippen LogP contribution in [0.5, 0.6) is 0 Å². The highest BCUT2D eigenvalue weighted by Crippen LogP contribution is 2.37. The summed E-state index contributed by atoms with van der Waals surface area (Å²) in [7, 11) is 0. The minimum absolute atomic E-state index is 0.328. The first kappa shape index (κ1) is 13.4. The molecule has 0 aliphatic heterocycles. The first-order valence-electron chi connectivity index (χ1n) is 6.35. The zero-order chi connectivity index (χ0) is 13.2. The molecule has 0 unspecified atom stereocenters. The number of hydrogen-bond donors (Lipinski definition) is 1. The summed E-state index contributed by atoms with van der Waals surface area (Å²) in [6.07, 6.45) is -0.388. The normalized spacial score (nSPS) is 19.8. The molecule has 0 amide bonds. The van der Waals surface area contributed by atoms with Gasteiger partial charge in [0.15, 0.2) is 0 Å². The molecule has 1 aromatic carbocycles. The second-order valence-corrected chi connectivity index (χ2v) is 5.17. The second-order valence-electron chi connectivity index (χ2n) is 5.17. The van der Waals surface area contributed by atoms with Gasteiger partial charge in [-0.05, 0) is 24.0 Å². The fourth-order valence-electron chi connectivity index (χ4n) is 2.83. The van der Waals surface area contributed by atoms with Crippen molar-refractivity contribution in [2.24, 2.45) is 5.73 Å². The summed E-state index contributed by atoms with van der Waals surface area (Å²) in [5.74, 6) is 0. The van der Waals surface area contributed by atoms with Crippen molar-refractivity contribution in [3.05, 3.63) is 35.4 Å². The molecule has 1 aliphatic carbocycles. The largest absolute Gasteiger partial charge is 0.393 e. The number of benzene rings is 1. The molecule has 1 nitrogen and oxygen atoms in total. The topological polar surface area (TPSA) is 26.0 Å². The van der Waals surface area contributed by atoms with Gasteiger partial charge in [0.2, 0.25) is 0 Å². The van der Waals surface area contributed by atoms with Gasteiger partial charge in [-0.1, -0.05) is 43.5 Å². The molecule has 2 rings (SSSR count). The Morgan fingerprint density at radius 1 is 1.06 bits per heavy atom. The predicted octanol–water partition coefficient (Wildman–Crippen LogP) is 3.91. The summed E-state index contributed by atoms with van der Waals surface area (Å²) in [6, 6.07) is 6.73. The van der Waals surface area contributed by atoms with Gasteiger partial charge in [-0.15, -0.1) is 0 Å². The van der Waals surface area contributed by atoms with Gasteiger partial charge < -0.3 is 5.73 Å². The Labute approximate surface area is 105 Å². The molecule has 0 bridgehead atoms. The third-order valence-corrected chi connectivity index (χ3v) is 3.69. The highest BCUT2D eigenvalue weighted by atomic mass is 19.4. The molecule has 0 aromatic heterocycles. The third-order valence-electron chi connectivity index (χ3n) is 3.69. The van der Waals surface area contributed by atoms with E-state index in [0.29, 0.717) is 11.1 Å². The molecule has 0 spiro atoms. The Bertz CT molecular complexity index is 406. The quantitative estimate of drug-likeness (QED) is 0.854. The third kappa shape index (κ3) is 3.05. The highest BCUT2D eigenvalue weighted by molar-refractivity contribution is 5.34. The van der Waals surface area contributed by atoms with E-state index < -0.39 is 18.1 Å². The van der Waals surface area contributed by atoms with E-state index in [1.165, 1.54) is 0 Å². The van der Waals surface area contributed by atoms with Crippen LogP contribution in [0.2, 0.25) is 0 Å². The van der Waals surface area contributed by atoms with Crippen LogP contribution in [-0.4, -0.2) is 6.18 Å². The fraction of sp³-hybridized carbons (Fsp3) is 0.571. The van der Waals surface area contributed by atoms with Crippen molar-refractivity contribution in [2.75, 3.05) is 0 Å². The molecule has 100 valence electrons. The van der Waals surface area contributed by atoms with E-state index in [4.69, 9.17) is 5.73 Å². The lowest BCUT2D eigenvalue weighted by Crippen LogP contribution is -2.39. The van der Waals surface area contributed by atoms with E-state index in [-0.39, 0.29) is 0 Å². The summed E-state index contributed by atoms with van der Waals surface area (Å²) < 4.78 is 37.7. The number of nitrogens with two attached hydrogens (primary N) is 1. The molecule has 0 heterocycles. The summed E-state index contributed by atoms with van der Waals surface area (Å²) in [6.45, 7) is 0. The Morgan fingerprint density at radius 3 is 2.28 bits per heavy atom. The molecule has 0 atom stereocenters. The van der Waals surface area contributed by atoms with Gasteiger partial charge in [0.1, 0.15) is 0 Å². The SMILES string of the molecule is NC1(c2ccccc2CC(F)(F)F)CCCCC1. The molecule has 1 saturated carbocycles. The lowest BCUT2D eigenvalue weighted by atomic mass is 9.75. The maximum Gasteiger partial charge on any atom is 0.393 e. The number of rotatable bonds is 2. The number of alkyl halides is 3. The van der Waals surface area contributed by atoms with E-state index in [1.54, 1.807) is 24.3 Å². The van der Waals surface area contributed by atoms with Crippen molar-refractivity contribution in [1.29, 1.82) is 0 Å². The average Bonchev–Trinajstić information content (AvgIpc) is 2.28. The molecule has 18 heavy (non-hydrogen) atoms. The standard InChI is InChI=1S/C14H18F3N/c15-14(16,17)10-11-6-2-3-7-12(11)13(18)8-4-1-5-9-13/h2-3,6-7H,1,4-5,8-10,18H2. The predicted molar refractivity (Wildman–Crippen MR) is 65.2 cm³/mol. The number of halogens is 3. The van der Waals surface area contributed by atoms with Crippen molar-refractivity contribution in [3.63, 3.8) is 0 Å². The van der Waals surface area contributed by atoms with Crippen LogP contribution < -0.4 is 5.73 Å². The first-order valence-corrected chi connectivity index (χ1v) is 6.35. The van der Waals surface area contributed by atoms with Crippen LogP contribution in [0.3, 0.4) is 0 Å². The van der Waals surface area contributed by atoms with Gasteiger partial charge >= 0.3 is 6.18 Å². The Morgan fingerprint density at radius 2 is 1.67 bits per heavy atom. The zero-order valence-electron chi connectivity index (χ0n) is 10.3. The monoisotopic (exact) mass is 257 g/mol. The van der Waals surface area contributed by atoms with Crippen molar-refractivity contribution in [1.82, 2.24) is 0 Å². The average molecular weight is 257 g/mol.